The fraction of sp³-hybridized carbons (Fsp3) is 0.353. The van der Waals surface area contributed by atoms with E-state index in [4.69, 9.17) is 14.2 Å². The molecule has 2 N–H and O–H groups in total. The molecule has 0 fully saturated rings. The van der Waals surface area contributed by atoms with Crippen molar-refractivity contribution in [1.29, 1.82) is 0 Å². The first-order valence-electron chi connectivity index (χ1n) is 7.60. The third kappa shape index (κ3) is 7.38. The van der Waals surface area contributed by atoms with E-state index < -0.39 is 18.5 Å². The fourth-order valence-corrected chi connectivity index (χ4v) is 1.80. The molecule has 0 unspecified atom stereocenters. The Morgan fingerprint density at radius 2 is 1.76 bits per heavy atom. The molecule has 136 valence electrons. The van der Waals surface area contributed by atoms with Gasteiger partial charge in [-0.2, -0.15) is 0 Å². The van der Waals surface area contributed by atoms with Crippen molar-refractivity contribution in [2.24, 2.45) is 0 Å². The molecular weight excluding hydrogens is 328 g/mol. The van der Waals surface area contributed by atoms with Gasteiger partial charge in [-0.25, -0.2) is 4.79 Å². The molecule has 8 heteroatoms. The van der Waals surface area contributed by atoms with E-state index in [1.54, 1.807) is 25.1 Å². The van der Waals surface area contributed by atoms with Crippen LogP contribution < -0.4 is 20.1 Å². The zero-order valence-electron chi connectivity index (χ0n) is 14.5. The lowest BCUT2D eigenvalue weighted by Gasteiger charge is -2.07. The van der Waals surface area contributed by atoms with E-state index in [1.165, 1.54) is 26.4 Å². The molecular formula is C17H22N2O6. The van der Waals surface area contributed by atoms with Crippen LogP contribution in [0.5, 0.6) is 11.5 Å². The van der Waals surface area contributed by atoms with Crippen molar-refractivity contribution in [3.05, 3.63) is 29.8 Å². The Morgan fingerprint density at radius 1 is 1.04 bits per heavy atom. The Labute approximate surface area is 146 Å². The molecule has 0 saturated heterocycles. The van der Waals surface area contributed by atoms with E-state index >= 15 is 0 Å². The summed E-state index contributed by atoms with van der Waals surface area (Å²) in [7, 11) is 3.04. The largest absolute Gasteiger partial charge is 0.493 e. The van der Waals surface area contributed by atoms with E-state index in [-0.39, 0.29) is 12.5 Å². The number of carbonyl (C=O) groups is 3. The van der Waals surface area contributed by atoms with Crippen LogP contribution in [0, 0.1) is 0 Å². The van der Waals surface area contributed by atoms with Gasteiger partial charge in [-0.15, -0.1) is 0 Å². The molecule has 1 rings (SSSR count). The van der Waals surface area contributed by atoms with Crippen LogP contribution in [-0.4, -0.2) is 51.7 Å². The van der Waals surface area contributed by atoms with E-state index in [0.29, 0.717) is 23.6 Å². The molecule has 2 amide bonds. The van der Waals surface area contributed by atoms with Crippen LogP contribution in [0.25, 0.3) is 6.08 Å². The summed E-state index contributed by atoms with van der Waals surface area (Å²) in [6.45, 7) is 1.62. The van der Waals surface area contributed by atoms with Gasteiger partial charge in [0, 0.05) is 12.6 Å². The predicted molar refractivity (Wildman–Crippen MR) is 91.2 cm³/mol. The zero-order chi connectivity index (χ0) is 18.7. The number of amides is 2. The third-order valence-electron chi connectivity index (χ3n) is 2.99. The number of likely N-dealkylation sites (N-methyl/N-ethyl adjacent to an activating group) is 1. The highest BCUT2D eigenvalue weighted by Gasteiger charge is 2.07. The average molecular weight is 350 g/mol. The zero-order valence-corrected chi connectivity index (χ0v) is 14.5. The van der Waals surface area contributed by atoms with Crippen molar-refractivity contribution in [2.45, 2.75) is 6.92 Å². The SMILES string of the molecule is CCNC(=O)CNC(=O)COC(=O)/C=C/c1ccc(OC)c(OC)c1. The minimum Gasteiger partial charge on any atom is -0.493 e. The maximum absolute atomic E-state index is 11.6. The highest BCUT2D eigenvalue weighted by molar-refractivity contribution is 5.90. The molecule has 0 radical (unpaired) electrons. The topological polar surface area (TPSA) is 103 Å². The van der Waals surface area contributed by atoms with Gasteiger partial charge in [-0.1, -0.05) is 6.07 Å². The quantitative estimate of drug-likeness (QED) is 0.497. The third-order valence-corrected chi connectivity index (χ3v) is 2.99. The van der Waals surface area contributed by atoms with Gasteiger partial charge in [0.15, 0.2) is 18.1 Å². The average Bonchev–Trinajstić information content (AvgIpc) is 2.62. The van der Waals surface area contributed by atoms with Crippen molar-refractivity contribution in [1.82, 2.24) is 10.6 Å². The molecule has 0 aromatic heterocycles. The van der Waals surface area contributed by atoms with Gasteiger partial charge < -0.3 is 24.8 Å². The number of hydrogen-bond donors (Lipinski definition) is 2. The summed E-state index contributed by atoms with van der Waals surface area (Å²) in [5.41, 5.74) is 0.704. The number of methoxy groups -OCH3 is 2. The molecule has 1 aromatic carbocycles. The summed E-state index contributed by atoms with van der Waals surface area (Å²) >= 11 is 0. The Bertz CT molecular complexity index is 642. The standard InChI is InChI=1S/C17H22N2O6/c1-4-18-15(20)10-19-16(21)11-25-17(22)8-6-12-5-7-13(23-2)14(9-12)24-3/h5-9H,4,10-11H2,1-3H3,(H,18,20)(H,19,21)/b8-6+. The first-order chi connectivity index (χ1) is 12.0. The van der Waals surface area contributed by atoms with Crippen LogP contribution in [0.15, 0.2) is 24.3 Å². The lowest BCUT2D eigenvalue weighted by Crippen LogP contribution is -2.38. The Balaban J connectivity index is 2.44. The lowest BCUT2D eigenvalue weighted by atomic mass is 10.2. The van der Waals surface area contributed by atoms with Crippen molar-refractivity contribution < 1.29 is 28.6 Å². The molecule has 0 saturated carbocycles. The van der Waals surface area contributed by atoms with Gasteiger partial charge in [0.25, 0.3) is 5.91 Å². The first-order valence-corrected chi connectivity index (χ1v) is 7.60. The Kier molecular flexibility index (Phi) is 8.56. The summed E-state index contributed by atoms with van der Waals surface area (Å²) < 4.78 is 15.1. The van der Waals surface area contributed by atoms with Crippen molar-refractivity contribution in [2.75, 3.05) is 33.9 Å². The maximum Gasteiger partial charge on any atom is 0.331 e. The second-order valence-corrected chi connectivity index (χ2v) is 4.79. The summed E-state index contributed by atoms with van der Waals surface area (Å²) in [5.74, 6) is -0.439. The minimum absolute atomic E-state index is 0.161. The molecule has 0 heterocycles. The molecule has 25 heavy (non-hydrogen) atoms. The van der Waals surface area contributed by atoms with Gasteiger partial charge >= 0.3 is 5.97 Å². The number of benzene rings is 1. The monoisotopic (exact) mass is 350 g/mol. The van der Waals surface area contributed by atoms with Crippen LogP contribution in [0.4, 0.5) is 0 Å². The van der Waals surface area contributed by atoms with Gasteiger partial charge in [0.1, 0.15) is 0 Å². The minimum atomic E-state index is -0.678. The van der Waals surface area contributed by atoms with Crippen LogP contribution >= 0.6 is 0 Å². The van der Waals surface area contributed by atoms with Gasteiger partial charge in [0.05, 0.1) is 20.8 Å². The fourth-order valence-electron chi connectivity index (χ4n) is 1.80. The van der Waals surface area contributed by atoms with E-state index in [0.717, 1.165) is 0 Å². The normalized spacial score (nSPS) is 10.2. The number of nitrogens with one attached hydrogen (secondary N) is 2. The van der Waals surface area contributed by atoms with Gasteiger partial charge in [-0.05, 0) is 30.7 Å². The number of rotatable bonds is 9. The summed E-state index contributed by atoms with van der Waals surface area (Å²) in [4.78, 5) is 34.3. The molecule has 1 aromatic rings. The highest BCUT2D eigenvalue weighted by atomic mass is 16.5. The summed E-state index contributed by atoms with van der Waals surface area (Å²) in [6, 6.07) is 5.14. The summed E-state index contributed by atoms with van der Waals surface area (Å²) in [6.07, 6.45) is 2.72. The van der Waals surface area contributed by atoms with Crippen LogP contribution in [0.3, 0.4) is 0 Å². The smallest absolute Gasteiger partial charge is 0.331 e. The number of ether oxygens (including phenoxy) is 3. The van der Waals surface area contributed by atoms with Crippen LogP contribution in [0.1, 0.15) is 12.5 Å². The first kappa shape index (κ1) is 20.0. The number of carbonyl (C=O) groups excluding carboxylic acids is 3. The molecule has 0 aliphatic carbocycles. The number of hydrogen-bond acceptors (Lipinski definition) is 6. The maximum atomic E-state index is 11.6. The molecule has 8 nitrogen and oxygen atoms in total. The molecule has 0 spiro atoms. The number of esters is 1. The second-order valence-electron chi connectivity index (χ2n) is 4.79. The Morgan fingerprint density at radius 3 is 2.40 bits per heavy atom. The van der Waals surface area contributed by atoms with E-state index in [2.05, 4.69) is 10.6 Å². The Hall–Kier alpha value is -3.03. The highest BCUT2D eigenvalue weighted by Crippen LogP contribution is 2.27. The second kappa shape index (κ2) is 10.7. The van der Waals surface area contributed by atoms with Gasteiger partial charge in [0.2, 0.25) is 5.91 Å². The predicted octanol–water partition coefficient (Wildman–Crippen LogP) is 0.513. The van der Waals surface area contributed by atoms with Crippen LogP contribution in [0.2, 0.25) is 0 Å². The van der Waals surface area contributed by atoms with Crippen LogP contribution in [-0.2, 0) is 19.1 Å². The van der Waals surface area contributed by atoms with Crippen molar-refractivity contribution in [3.63, 3.8) is 0 Å². The molecule has 0 aliphatic heterocycles. The van der Waals surface area contributed by atoms with Crippen molar-refractivity contribution in [3.8, 4) is 11.5 Å². The van der Waals surface area contributed by atoms with E-state index in [1.807, 2.05) is 0 Å². The lowest BCUT2D eigenvalue weighted by molar-refractivity contribution is -0.143. The molecule has 0 aliphatic rings. The van der Waals surface area contributed by atoms with E-state index in [9.17, 15) is 14.4 Å². The van der Waals surface area contributed by atoms with Crippen molar-refractivity contribution >= 4 is 23.9 Å². The molecule has 0 bridgehead atoms. The summed E-state index contributed by atoms with van der Waals surface area (Å²) in [5, 5.41) is 4.87. The van der Waals surface area contributed by atoms with Gasteiger partial charge in [-0.3, -0.25) is 9.59 Å². The molecule has 0 atom stereocenters.